The van der Waals surface area contributed by atoms with Crippen molar-refractivity contribution in [3.05, 3.63) is 70.3 Å². The molecule has 0 aromatic heterocycles. The Hall–Kier alpha value is -2.13. The first-order chi connectivity index (χ1) is 9.99. The molecule has 0 aliphatic carbocycles. The molecule has 0 aliphatic rings. The fourth-order valence-electron chi connectivity index (χ4n) is 2.19. The second-order valence-electron chi connectivity index (χ2n) is 5.38. The van der Waals surface area contributed by atoms with Crippen LogP contribution in [-0.4, -0.2) is 17.6 Å². The van der Waals surface area contributed by atoms with Gasteiger partial charge >= 0.3 is 0 Å². The Labute approximate surface area is 125 Å². The number of rotatable bonds is 4. The minimum absolute atomic E-state index is 0.151. The first-order valence-electron chi connectivity index (χ1n) is 7.08. The van der Waals surface area contributed by atoms with Crippen molar-refractivity contribution in [2.75, 3.05) is 6.54 Å². The third-order valence-corrected chi connectivity index (χ3v) is 3.77. The Morgan fingerprint density at radius 3 is 2.43 bits per heavy atom. The Morgan fingerprint density at radius 1 is 1.10 bits per heavy atom. The van der Waals surface area contributed by atoms with Crippen LogP contribution in [0.25, 0.3) is 0 Å². The first kappa shape index (κ1) is 15.3. The van der Waals surface area contributed by atoms with E-state index in [1.807, 2.05) is 57.2 Å². The zero-order valence-electron chi connectivity index (χ0n) is 12.7. The number of aliphatic hydroxyl groups excluding tert-OH is 1. The summed E-state index contributed by atoms with van der Waals surface area (Å²) in [6.45, 7) is 6.11. The normalized spacial score (nSPS) is 12.0. The van der Waals surface area contributed by atoms with Crippen LogP contribution in [0.3, 0.4) is 0 Å². The minimum atomic E-state index is -0.695. The predicted octanol–water partition coefficient (Wildman–Crippen LogP) is 3.08. The summed E-state index contributed by atoms with van der Waals surface area (Å²) in [5.41, 5.74) is 4.67. The molecular formula is C18H21NO2. The molecule has 2 N–H and O–H groups in total. The number of carbonyl (C=O) groups excluding carboxylic acids is 1. The monoisotopic (exact) mass is 283 g/mol. The Kier molecular flexibility index (Phi) is 4.76. The van der Waals surface area contributed by atoms with Gasteiger partial charge in [0.15, 0.2) is 0 Å². The third kappa shape index (κ3) is 3.70. The molecule has 0 aliphatic heterocycles. The lowest BCUT2D eigenvalue weighted by Crippen LogP contribution is -2.29. The van der Waals surface area contributed by atoms with Gasteiger partial charge in [-0.05, 0) is 43.5 Å². The maximum Gasteiger partial charge on any atom is 0.251 e. The maximum absolute atomic E-state index is 12.2. The number of aliphatic hydroxyl groups is 1. The van der Waals surface area contributed by atoms with Crippen LogP contribution in [0.5, 0.6) is 0 Å². The number of aryl methyl sites for hydroxylation is 2. The van der Waals surface area contributed by atoms with Gasteiger partial charge in [-0.2, -0.15) is 0 Å². The van der Waals surface area contributed by atoms with Gasteiger partial charge in [0.2, 0.25) is 0 Å². The highest BCUT2D eigenvalue weighted by Gasteiger charge is 2.13. The SMILES string of the molecule is Cc1ccc(C(O)CNC(=O)c2cccc(C)c2C)cc1. The van der Waals surface area contributed by atoms with Crippen molar-refractivity contribution >= 4 is 5.91 Å². The highest BCUT2D eigenvalue weighted by atomic mass is 16.3. The molecule has 21 heavy (non-hydrogen) atoms. The van der Waals surface area contributed by atoms with E-state index in [0.717, 1.165) is 22.3 Å². The van der Waals surface area contributed by atoms with Crippen molar-refractivity contribution in [3.8, 4) is 0 Å². The van der Waals surface area contributed by atoms with Gasteiger partial charge in [0, 0.05) is 12.1 Å². The summed E-state index contributed by atoms with van der Waals surface area (Å²) >= 11 is 0. The fourth-order valence-corrected chi connectivity index (χ4v) is 2.19. The third-order valence-electron chi connectivity index (χ3n) is 3.77. The maximum atomic E-state index is 12.2. The molecule has 2 aromatic carbocycles. The van der Waals surface area contributed by atoms with E-state index in [0.29, 0.717) is 5.56 Å². The molecule has 110 valence electrons. The second kappa shape index (κ2) is 6.55. The average molecular weight is 283 g/mol. The molecular weight excluding hydrogens is 262 g/mol. The zero-order valence-corrected chi connectivity index (χ0v) is 12.7. The average Bonchev–Trinajstić information content (AvgIpc) is 2.48. The molecule has 2 aromatic rings. The number of hydrogen-bond acceptors (Lipinski definition) is 2. The summed E-state index contributed by atoms with van der Waals surface area (Å²) in [5, 5.41) is 12.9. The van der Waals surface area contributed by atoms with Gasteiger partial charge < -0.3 is 10.4 Å². The molecule has 0 saturated carbocycles. The highest BCUT2D eigenvalue weighted by Crippen LogP contribution is 2.15. The summed E-state index contributed by atoms with van der Waals surface area (Å²) in [5.74, 6) is -0.151. The summed E-state index contributed by atoms with van der Waals surface area (Å²) < 4.78 is 0. The molecule has 1 unspecified atom stereocenters. The number of carbonyl (C=O) groups is 1. The topological polar surface area (TPSA) is 49.3 Å². The van der Waals surface area contributed by atoms with E-state index in [1.165, 1.54) is 0 Å². The largest absolute Gasteiger partial charge is 0.387 e. The van der Waals surface area contributed by atoms with Crippen LogP contribution < -0.4 is 5.32 Å². The van der Waals surface area contributed by atoms with Crippen molar-refractivity contribution in [3.63, 3.8) is 0 Å². The first-order valence-corrected chi connectivity index (χ1v) is 7.08. The van der Waals surface area contributed by atoms with Crippen LogP contribution in [0.4, 0.5) is 0 Å². The van der Waals surface area contributed by atoms with Gasteiger partial charge in [0.05, 0.1) is 6.10 Å². The van der Waals surface area contributed by atoms with Crippen molar-refractivity contribution in [2.45, 2.75) is 26.9 Å². The van der Waals surface area contributed by atoms with E-state index in [9.17, 15) is 9.90 Å². The summed E-state index contributed by atoms with van der Waals surface area (Å²) in [4.78, 5) is 12.2. The lowest BCUT2D eigenvalue weighted by atomic mass is 10.0. The Morgan fingerprint density at radius 2 is 1.76 bits per heavy atom. The van der Waals surface area contributed by atoms with Crippen LogP contribution in [0.2, 0.25) is 0 Å². The zero-order chi connectivity index (χ0) is 15.4. The van der Waals surface area contributed by atoms with Crippen LogP contribution >= 0.6 is 0 Å². The van der Waals surface area contributed by atoms with E-state index in [-0.39, 0.29) is 12.5 Å². The standard InChI is InChI=1S/C18H21NO2/c1-12-7-9-15(10-8-12)17(20)11-19-18(21)16-6-4-5-13(2)14(16)3/h4-10,17,20H,11H2,1-3H3,(H,19,21). The van der Waals surface area contributed by atoms with E-state index in [4.69, 9.17) is 0 Å². The molecule has 1 amide bonds. The smallest absolute Gasteiger partial charge is 0.251 e. The van der Waals surface area contributed by atoms with Crippen LogP contribution in [0.1, 0.15) is 38.7 Å². The van der Waals surface area contributed by atoms with Crippen LogP contribution in [0, 0.1) is 20.8 Å². The molecule has 2 rings (SSSR count). The summed E-state index contributed by atoms with van der Waals surface area (Å²) in [7, 11) is 0. The second-order valence-corrected chi connectivity index (χ2v) is 5.38. The molecule has 0 spiro atoms. The Balaban J connectivity index is 2.00. The quantitative estimate of drug-likeness (QED) is 0.906. The summed E-state index contributed by atoms with van der Waals surface area (Å²) in [6, 6.07) is 13.3. The van der Waals surface area contributed by atoms with Gasteiger partial charge in [0.25, 0.3) is 5.91 Å². The molecule has 0 bridgehead atoms. The van der Waals surface area contributed by atoms with Crippen molar-refractivity contribution in [1.29, 1.82) is 0 Å². The van der Waals surface area contributed by atoms with Crippen molar-refractivity contribution < 1.29 is 9.90 Å². The van der Waals surface area contributed by atoms with E-state index in [2.05, 4.69) is 5.32 Å². The van der Waals surface area contributed by atoms with Gasteiger partial charge in [0.1, 0.15) is 0 Å². The molecule has 3 nitrogen and oxygen atoms in total. The highest BCUT2D eigenvalue weighted by molar-refractivity contribution is 5.95. The number of nitrogens with one attached hydrogen (secondary N) is 1. The number of amides is 1. The van der Waals surface area contributed by atoms with E-state index < -0.39 is 6.10 Å². The van der Waals surface area contributed by atoms with Crippen molar-refractivity contribution in [2.24, 2.45) is 0 Å². The molecule has 0 saturated heterocycles. The summed E-state index contributed by atoms with van der Waals surface area (Å²) in [6.07, 6.45) is -0.695. The Bertz CT molecular complexity index is 632. The lowest BCUT2D eigenvalue weighted by molar-refractivity contribution is 0.0915. The van der Waals surface area contributed by atoms with Gasteiger partial charge in [-0.1, -0.05) is 42.0 Å². The van der Waals surface area contributed by atoms with Crippen molar-refractivity contribution in [1.82, 2.24) is 5.32 Å². The van der Waals surface area contributed by atoms with Crippen LogP contribution in [-0.2, 0) is 0 Å². The lowest BCUT2D eigenvalue weighted by Gasteiger charge is -2.14. The molecule has 0 radical (unpaired) electrons. The molecule has 1 atom stereocenters. The number of hydrogen-bond donors (Lipinski definition) is 2. The minimum Gasteiger partial charge on any atom is -0.387 e. The molecule has 0 heterocycles. The molecule has 3 heteroatoms. The fraction of sp³-hybridized carbons (Fsp3) is 0.278. The molecule has 0 fully saturated rings. The van der Waals surface area contributed by atoms with Gasteiger partial charge in [-0.25, -0.2) is 0 Å². The van der Waals surface area contributed by atoms with Crippen LogP contribution in [0.15, 0.2) is 42.5 Å². The van der Waals surface area contributed by atoms with E-state index >= 15 is 0 Å². The number of benzene rings is 2. The predicted molar refractivity (Wildman–Crippen MR) is 84.4 cm³/mol. The van der Waals surface area contributed by atoms with Gasteiger partial charge in [-0.15, -0.1) is 0 Å². The van der Waals surface area contributed by atoms with E-state index in [1.54, 1.807) is 6.07 Å². The van der Waals surface area contributed by atoms with Gasteiger partial charge in [-0.3, -0.25) is 4.79 Å².